The molecule has 252 valence electrons. The average Bonchev–Trinajstić information content (AvgIpc) is 3.06. The second kappa shape index (κ2) is 13.2. The number of halogens is 2. The zero-order chi connectivity index (χ0) is 32.9. The first-order valence-electron chi connectivity index (χ1n) is 17.2. The number of aromatic nitrogens is 2. The summed E-state index contributed by atoms with van der Waals surface area (Å²) in [5.74, 6) is 3.63. The quantitative estimate of drug-likeness (QED) is 0.258. The van der Waals surface area contributed by atoms with Crippen molar-refractivity contribution in [2.24, 2.45) is 28.2 Å². The van der Waals surface area contributed by atoms with Gasteiger partial charge in [0.1, 0.15) is 0 Å². The van der Waals surface area contributed by atoms with Gasteiger partial charge in [0.25, 0.3) is 5.56 Å². The van der Waals surface area contributed by atoms with Crippen LogP contribution in [0.4, 0.5) is 11.6 Å². The van der Waals surface area contributed by atoms with Crippen molar-refractivity contribution in [1.82, 2.24) is 19.4 Å². The van der Waals surface area contributed by atoms with Gasteiger partial charge in [0.05, 0.1) is 30.2 Å². The molecule has 3 saturated carbocycles. The fraction of sp³-hybridized carbons (Fsp3) is 0.583. The van der Waals surface area contributed by atoms with Crippen molar-refractivity contribution >= 4 is 51.7 Å². The minimum atomic E-state index is -0.0565. The molecule has 1 N–H and O–H groups in total. The fourth-order valence-corrected chi connectivity index (χ4v) is 8.74. The Morgan fingerprint density at radius 1 is 1.04 bits per heavy atom. The second-order valence-electron chi connectivity index (χ2n) is 14.6. The molecule has 2 aromatic carbocycles. The first-order chi connectivity index (χ1) is 22.6. The van der Waals surface area contributed by atoms with Gasteiger partial charge in [-0.1, -0.05) is 50.0 Å². The number of anilines is 2. The Balaban J connectivity index is 1.21. The van der Waals surface area contributed by atoms with Gasteiger partial charge in [-0.25, -0.2) is 9.98 Å². The molecular weight excluding hydrogens is 633 g/mol. The van der Waals surface area contributed by atoms with Gasteiger partial charge in [0.2, 0.25) is 5.95 Å². The van der Waals surface area contributed by atoms with Crippen LogP contribution in [0.2, 0.25) is 10.0 Å². The summed E-state index contributed by atoms with van der Waals surface area (Å²) in [6.45, 7) is 14.1. The topological polar surface area (TPSA) is 78.2 Å². The number of rotatable bonds is 6. The van der Waals surface area contributed by atoms with E-state index in [0.717, 1.165) is 61.6 Å². The van der Waals surface area contributed by atoms with E-state index in [1.54, 1.807) is 10.6 Å². The molecule has 4 unspecified atom stereocenters. The molecule has 0 amide bonds. The molecule has 1 aromatic heterocycles. The van der Waals surface area contributed by atoms with E-state index in [1.165, 1.54) is 6.42 Å². The third-order valence-electron chi connectivity index (χ3n) is 11.5. The Labute approximate surface area is 287 Å². The van der Waals surface area contributed by atoms with Crippen LogP contribution in [0.5, 0.6) is 0 Å². The number of hydrogen-bond acceptors (Lipinski definition) is 6. The highest BCUT2D eigenvalue weighted by atomic mass is 35.5. The van der Waals surface area contributed by atoms with E-state index in [1.807, 2.05) is 30.3 Å². The van der Waals surface area contributed by atoms with Crippen molar-refractivity contribution in [3.8, 4) is 0 Å². The van der Waals surface area contributed by atoms with Crippen molar-refractivity contribution in [2.75, 3.05) is 69.7 Å². The number of ether oxygens (including phenoxy) is 1. The molecule has 3 heterocycles. The Hall–Kier alpha value is -2.85. The summed E-state index contributed by atoms with van der Waals surface area (Å²) in [5.41, 5.74) is 2.88. The van der Waals surface area contributed by atoms with E-state index in [9.17, 15) is 4.79 Å². The van der Waals surface area contributed by atoms with Gasteiger partial charge in [0.15, 0.2) is 5.96 Å². The number of nitrogens with zero attached hydrogens (tertiary/aromatic N) is 6. The van der Waals surface area contributed by atoms with Crippen LogP contribution in [0, 0.1) is 23.2 Å². The van der Waals surface area contributed by atoms with Gasteiger partial charge < -0.3 is 24.8 Å². The van der Waals surface area contributed by atoms with Crippen molar-refractivity contribution in [2.45, 2.75) is 52.6 Å². The number of likely N-dealkylation sites (N-methyl/N-ethyl adjacent to an activating group) is 1. The maximum absolute atomic E-state index is 14.1. The highest BCUT2D eigenvalue weighted by Gasteiger charge is 2.56. The van der Waals surface area contributed by atoms with Crippen LogP contribution in [-0.2, 0) is 17.7 Å². The predicted octanol–water partition coefficient (Wildman–Crippen LogP) is 5.87. The van der Waals surface area contributed by atoms with E-state index in [0.29, 0.717) is 83.5 Å². The fourth-order valence-electron chi connectivity index (χ4n) is 8.24. The molecule has 3 aromatic rings. The van der Waals surface area contributed by atoms with Crippen LogP contribution < -0.4 is 15.8 Å². The molecular formula is C36H47Cl2N7O2. The SMILES string of the molecule is CC1C(N=C(Nc2ccc3c(=O)n(CCc4ccc(Cl)cc4Cl)c(N4CCOCC4)nc3c2)N2CCN(C)CC2)CC2CC1C2(C)C. The van der Waals surface area contributed by atoms with Crippen molar-refractivity contribution in [3.05, 3.63) is 62.4 Å². The lowest BCUT2D eigenvalue weighted by molar-refractivity contribution is -0.108. The normalized spacial score (nSPS) is 26.4. The van der Waals surface area contributed by atoms with Gasteiger partial charge >= 0.3 is 0 Å². The van der Waals surface area contributed by atoms with Crippen LogP contribution in [0.25, 0.3) is 10.9 Å². The molecule has 5 fully saturated rings. The molecule has 4 atom stereocenters. The Kier molecular flexibility index (Phi) is 9.19. The maximum Gasteiger partial charge on any atom is 0.262 e. The van der Waals surface area contributed by atoms with Gasteiger partial charge in [-0.15, -0.1) is 0 Å². The summed E-state index contributed by atoms with van der Waals surface area (Å²) < 4.78 is 7.43. The molecule has 0 radical (unpaired) electrons. The maximum atomic E-state index is 14.1. The standard InChI is InChI=1S/C36H47Cl2N7O2/c1-23-29-19-25(36(29,2)3)20-31(23)40-34(43-13-11-42(4)12-14-43)39-27-7-8-28-32(22-27)41-35(44-15-17-47-18-16-44)45(33(28)46)10-9-24-5-6-26(37)21-30(24)38/h5-8,21-23,25,29,31H,9-20H2,1-4H3,(H,39,40). The first-order valence-corrected chi connectivity index (χ1v) is 17.9. The van der Waals surface area contributed by atoms with Crippen LogP contribution >= 0.6 is 23.2 Å². The van der Waals surface area contributed by atoms with Crippen LogP contribution in [0.3, 0.4) is 0 Å². The number of benzene rings is 2. The highest BCUT2D eigenvalue weighted by molar-refractivity contribution is 6.35. The van der Waals surface area contributed by atoms with E-state index >= 15 is 0 Å². The lowest BCUT2D eigenvalue weighted by atomic mass is 9.45. The minimum Gasteiger partial charge on any atom is -0.378 e. The number of aliphatic imine (C=N–C) groups is 1. The van der Waals surface area contributed by atoms with Gasteiger partial charge in [-0.3, -0.25) is 9.36 Å². The van der Waals surface area contributed by atoms with E-state index < -0.39 is 0 Å². The molecule has 8 rings (SSSR count). The number of nitrogens with one attached hydrogen (secondary N) is 1. The molecule has 2 saturated heterocycles. The number of guanidine groups is 1. The average molecular weight is 681 g/mol. The molecule has 0 spiro atoms. The molecule has 11 heteroatoms. The highest BCUT2D eigenvalue weighted by Crippen LogP contribution is 2.61. The van der Waals surface area contributed by atoms with Gasteiger partial charge in [0, 0.05) is 61.5 Å². The Morgan fingerprint density at radius 2 is 1.81 bits per heavy atom. The lowest BCUT2D eigenvalue weighted by Gasteiger charge is -2.61. The van der Waals surface area contributed by atoms with Crippen LogP contribution in [0.15, 0.2) is 46.2 Å². The summed E-state index contributed by atoms with van der Waals surface area (Å²) in [4.78, 5) is 31.6. The molecule has 47 heavy (non-hydrogen) atoms. The van der Waals surface area contributed by atoms with Crippen LogP contribution in [-0.4, -0.2) is 90.9 Å². The van der Waals surface area contributed by atoms with Crippen LogP contribution in [0.1, 0.15) is 39.2 Å². The number of hydrogen-bond donors (Lipinski definition) is 1. The van der Waals surface area contributed by atoms with Crippen molar-refractivity contribution < 1.29 is 4.74 Å². The summed E-state index contributed by atoms with van der Waals surface area (Å²) in [7, 11) is 2.18. The smallest absolute Gasteiger partial charge is 0.262 e. The monoisotopic (exact) mass is 679 g/mol. The van der Waals surface area contributed by atoms with Gasteiger partial charge in [-0.2, -0.15) is 0 Å². The zero-order valence-electron chi connectivity index (χ0n) is 28.0. The zero-order valence-corrected chi connectivity index (χ0v) is 29.5. The van der Waals surface area contributed by atoms with E-state index in [-0.39, 0.29) is 5.56 Å². The van der Waals surface area contributed by atoms with E-state index in [4.69, 9.17) is 37.9 Å². The number of piperazine rings is 1. The molecule has 5 aliphatic rings. The summed E-state index contributed by atoms with van der Waals surface area (Å²) in [6.07, 6.45) is 3.07. The summed E-state index contributed by atoms with van der Waals surface area (Å²) in [5, 5.41) is 5.50. The molecule has 2 bridgehead atoms. The summed E-state index contributed by atoms with van der Waals surface area (Å²) >= 11 is 12.6. The number of aryl methyl sites for hydroxylation is 1. The van der Waals surface area contributed by atoms with Crippen molar-refractivity contribution in [1.29, 1.82) is 0 Å². The Morgan fingerprint density at radius 3 is 2.51 bits per heavy atom. The number of morpholine rings is 1. The first kappa shape index (κ1) is 32.7. The number of fused-ring (bicyclic) bond motifs is 3. The van der Waals surface area contributed by atoms with Crippen molar-refractivity contribution in [3.63, 3.8) is 0 Å². The molecule has 3 aliphatic carbocycles. The summed E-state index contributed by atoms with van der Waals surface area (Å²) in [6, 6.07) is 11.7. The van der Waals surface area contributed by atoms with Gasteiger partial charge in [-0.05, 0) is 85.4 Å². The molecule has 2 aliphatic heterocycles. The molecule has 9 nitrogen and oxygen atoms in total. The predicted molar refractivity (Wildman–Crippen MR) is 192 cm³/mol. The lowest BCUT2D eigenvalue weighted by Crippen LogP contribution is -2.57. The minimum absolute atomic E-state index is 0.0565. The largest absolute Gasteiger partial charge is 0.378 e. The second-order valence-corrected chi connectivity index (χ2v) is 15.4. The Bertz CT molecular complexity index is 1710. The third kappa shape index (κ3) is 6.48. The third-order valence-corrected chi connectivity index (χ3v) is 12.1. The van der Waals surface area contributed by atoms with E-state index in [2.05, 4.69) is 47.8 Å².